The fourth-order valence-corrected chi connectivity index (χ4v) is 7.94. The molecule has 4 aromatic carbocycles. The fourth-order valence-electron chi connectivity index (χ4n) is 6.89. The Morgan fingerprint density at radius 2 is 0.500 bits per heavy atom. The highest BCUT2D eigenvalue weighted by Crippen LogP contribution is 2.39. The van der Waals surface area contributed by atoms with Gasteiger partial charge in [-0.15, -0.1) is 0 Å². The lowest BCUT2D eigenvalue weighted by atomic mass is 10.0. The number of nitrogens with zero attached hydrogens (tertiary/aromatic N) is 2. The Hall–Kier alpha value is -4.60. The van der Waals surface area contributed by atoms with Gasteiger partial charge in [0, 0.05) is 62.2 Å². The van der Waals surface area contributed by atoms with Crippen molar-refractivity contribution < 1.29 is 0 Å². The van der Waals surface area contributed by atoms with Gasteiger partial charge in [0.2, 0.25) is 0 Å². The number of aromatic amines is 2. The van der Waals surface area contributed by atoms with Gasteiger partial charge in [-0.05, 0) is 119 Å². The van der Waals surface area contributed by atoms with Gasteiger partial charge in [-0.25, -0.2) is 9.97 Å². The van der Waals surface area contributed by atoms with Crippen LogP contribution in [0.5, 0.6) is 0 Å². The lowest BCUT2D eigenvalue weighted by molar-refractivity contribution is 1.31. The molecule has 52 heavy (non-hydrogen) atoms. The second-order valence-corrected chi connectivity index (χ2v) is 16.2. The summed E-state index contributed by atoms with van der Waals surface area (Å²) in [5.74, 6) is 0. The first-order chi connectivity index (χ1) is 25.4. The van der Waals surface area contributed by atoms with E-state index in [0.29, 0.717) is 0 Å². The van der Waals surface area contributed by atoms with Crippen LogP contribution in [0.2, 0.25) is 0 Å². The first-order valence-electron chi connectivity index (χ1n) is 16.6. The molecule has 8 heteroatoms. The zero-order chi connectivity index (χ0) is 35.3. The number of halogens is 4. The van der Waals surface area contributed by atoms with Crippen molar-refractivity contribution in [2.45, 2.75) is 0 Å². The van der Waals surface area contributed by atoms with Gasteiger partial charge in [-0.3, -0.25) is 0 Å². The number of fused-ring (bicyclic) bond motifs is 8. The number of H-pyrrole nitrogens is 2. The van der Waals surface area contributed by atoms with Crippen LogP contribution < -0.4 is 0 Å². The minimum atomic E-state index is 0.875. The van der Waals surface area contributed by atoms with Crippen molar-refractivity contribution in [1.82, 2.24) is 19.9 Å². The van der Waals surface area contributed by atoms with Gasteiger partial charge in [0.1, 0.15) is 0 Å². The average Bonchev–Trinajstić information content (AvgIpc) is 3.99. The van der Waals surface area contributed by atoms with Gasteiger partial charge in [0.25, 0.3) is 0 Å². The zero-order valence-electron chi connectivity index (χ0n) is 27.3. The van der Waals surface area contributed by atoms with E-state index in [4.69, 9.17) is 9.97 Å². The van der Waals surface area contributed by atoms with Crippen LogP contribution in [0.1, 0.15) is 22.8 Å². The van der Waals surface area contributed by atoms with E-state index in [1.807, 2.05) is 0 Å². The summed E-state index contributed by atoms with van der Waals surface area (Å²) in [4.78, 5) is 18.4. The Morgan fingerprint density at radius 1 is 0.288 bits per heavy atom. The molecule has 0 fully saturated rings. The van der Waals surface area contributed by atoms with E-state index in [2.05, 4.69) is 219 Å². The second-order valence-electron chi connectivity index (χ2n) is 12.5. The molecule has 0 spiro atoms. The predicted octanol–water partition coefficient (Wildman–Crippen LogP) is 14.4. The van der Waals surface area contributed by atoms with Crippen LogP contribution in [0, 0.1) is 0 Å². The summed E-state index contributed by atoms with van der Waals surface area (Å²) in [7, 11) is 0. The lowest BCUT2D eigenvalue weighted by Crippen LogP contribution is -1.89. The predicted molar refractivity (Wildman–Crippen MR) is 231 cm³/mol. The van der Waals surface area contributed by atoms with E-state index in [1.54, 1.807) is 0 Å². The summed E-state index contributed by atoms with van der Waals surface area (Å²) in [6.45, 7) is 0. The minimum absolute atomic E-state index is 0.875. The van der Waals surface area contributed by atoms with Gasteiger partial charge in [-0.1, -0.05) is 112 Å². The number of hydrogen-bond acceptors (Lipinski definition) is 2. The molecule has 0 atom stereocenters. The van der Waals surface area contributed by atoms with Gasteiger partial charge in [0.05, 0.1) is 22.8 Å². The average molecular weight is 930 g/mol. The van der Waals surface area contributed by atoms with Crippen molar-refractivity contribution in [1.29, 1.82) is 0 Å². The van der Waals surface area contributed by atoms with E-state index in [1.165, 1.54) is 0 Å². The molecule has 5 heterocycles. The van der Waals surface area contributed by atoms with Crippen LogP contribution in [-0.4, -0.2) is 19.9 Å². The molecule has 0 aliphatic carbocycles. The maximum absolute atomic E-state index is 5.38. The van der Waals surface area contributed by atoms with E-state index in [0.717, 1.165) is 107 Å². The largest absolute Gasteiger partial charge is 0.354 e. The molecule has 4 nitrogen and oxygen atoms in total. The van der Waals surface area contributed by atoms with Crippen molar-refractivity contribution in [2.24, 2.45) is 0 Å². The summed E-state index contributed by atoms with van der Waals surface area (Å²) in [5, 5.41) is 0. The number of benzene rings is 4. The summed E-state index contributed by atoms with van der Waals surface area (Å²) in [5.41, 5.74) is 15.6. The van der Waals surface area contributed by atoms with E-state index >= 15 is 0 Å². The molecule has 3 aromatic heterocycles. The van der Waals surface area contributed by atoms with Gasteiger partial charge >= 0.3 is 0 Å². The van der Waals surface area contributed by atoms with Crippen molar-refractivity contribution in [3.8, 4) is 44.5 Å². The van der Waals surface area contributed by atoms with Crippen LogP contribution >= 0.6 is 63.7 Å². The van der Waals surface area contributed by atoms with Crippen LogP contribution in [0.3, 0.4) is 0 Å². The Labute approximate surface area is 334 Å². The molecule has 0 unspecified atom stereocenters. The first-order valence-corrected chi connectivity index (χ1v) is 19.8. The third-order valence-electron chi connectivity index (χ3n) is 9.29. The van der Waals surface area contributed by atoms with Crippen molar-refractivity contribution in [2.75, 3.05) is 0 Å². The number of hydrogen-bond donors (Lipinski definition) is 2. The highest BCUT2D eigenvalue weighted by molar-refractivity contribution is 9.11. The molecule has 0 saturated heterocycles. The molecule has 8 bridgehead atoms. The van der Waals surface area contributed by atoms with Gasteiger partial charge in [0.15, 0.2) is 0 Å². The van der Waals surface area contributed by atoms with Crippen molar-refractivity contribution >= 4 is 110 Å². The SMILES string of the molecule is Brc1ccc(-c2c3nc(c(-c4ccc(Br)cc4)c4ccc([nH]4)c(-c4ccc(Br)cc4)c4nc(c(-c5ccc(Br)cc5)c5ccc2[nH]5)C=C4)C=C3)cc1. The molecule has 9 rings (SSSR count). The topological polar surface area (TPSA) is 57.4 Å². The molecule has 0 amide bonds. The van der Waals surface area contributed by atoms with Crippen molar-refractivity contribution in [3.05, 3.63) is 162 Å². The van der Waals surface area contributed by atoms with Crippen LogP contribution in [0.25, 0.3) is 90.9 Å². The van der Waals surface area contributed by atoms with E-state index in [-0.39, 0.29) is 0 Å². The molecule has 2 aliphatic heterocycles. The zero-order valence-corrected chi connectivity index (χ0v) is 33.6. The number of nitrogens with one attached hydrogen (secondary N) is 2. The normalized spacial score (nSPS) is 12.1. The summed E-state index contributed by atoms with van der Waals surface area (Å²) in [6, 6.07) is 42.2. The van der Waals surface area contributed by atoms with Gasteiger partial charge < -0.3 is 9.97 Å². The van der Waals surface area contributed by atoms with Crippen LogP contribution in [0.4, 0.5) is 0 Å². The molecule has 7 aromatic rings. The standard InChI is InChI=1S/C44H26Br4N4/c45-29-9-1-25(2-10-29)41-33-17-19-35(49-33)42(26-3-11-30(46)12-4-26)37-21-23-39(51-37)44(28-7-15-32(48)16-8-28)40-24-22-38(52-40)43(36-20-18-34(41)50-36)27-5-13-31(47)14-6-27/h1-24,49,52H. The highest BCUT2D eigenvalue weighted by atomic mass is 79.9. The quantitative estimate of drug-likeness (QED) is 0.185. The van der Waals surface area contributed by atoms with E-state index < -0.39 is 0 Å². The highest BCUT2D eigenvalue weighted by Gasteiger charge is 2.19. The van der Waals surface area contributed by atoms with Crippen LogP contribution in [0.15, 0.2) is 139 Å². The minimum Gasteiger partial charge on any atom is -0.354 e. The lowest BCUT2D eigenvalue weighted by Gasteiger charge is -2.07. The second kappa shape index (κ2) is 13.7. The van der Waals surface area contributed by atoms with Gasteiger partial charge in [-0.2, -0.15) is 0 Å². The molecule has 2 aliphatic rings. The third-order valence-corrected chi connectivity index (χ3v) is 11.4. The van der Waals surface area contributed by atoms with E-state index in [9.17, 15) is 0 Å². The molecule has 250 valence electrons. The number of rotatable bonds is 4. The summed E-state index contributed by atoms with van der Waals surface area (Å²) < 4.78 is 4.07. The fraction of sp³-hybridized carbons (Fsp3) is 0. The Morgan fingerprint density at radius 3 is 0.712 bits per heavy atom. The third kappa shape index (κ3) is 6.28. The molecule has 0 radical (unpaired) electrons. The molecule has 2 N–H and O–H groups in total. The Balaban J connectivity index is 1.47. The molecule has 0 saturated carbocycles. The summed E-state index contributed by atoms with van der Waals surface area (Å²) in [6.07, 6.45) is 8.49. The van der Waals surface area contributed by atoms with Crippen LogP contribution in [-0.2, 0) is 0 Å². The summed E-state index contributed by atoms with van der Waals surface area (Å²) >= 11 is 14.5. The number of aromatic nitrogens is 4. The first kappa shape index (κ1) is 33.3. The molecular formula is C44H26Br4N4. The monoisotopic (exact) mass is 926 g/mol. The Kier molecular flexibility index (Phi) is 8.79. The smallest absolute Gasteiger partial charge is 0.0737 e. The van der Waals surface area contributed by atoms with Crippen molar-refractivity contribution in [3.63, 3.8) is 0 Å². The maximum atomic E-state index is 5.38. The maximum Gasteiger partial charge on any atom is 0.0737 e. The molecular weight excluding hydrogens is 904 g/mol. The Bertz CT molecular complexity index is 2370.